The van der Waals surface area contributed by atoms with E-state index in [2.05, 4.69) is 0 Å². The number of thioether (sulfide) groups is 1. The summed E-state index contributed by atoms with van der Waals surface area (Å²) in [5.74, 6) is 2.56. The summed E-state index contributed by atoms with van der Waals surface area (Å²) in [6.45, 7) is 3.34. The number of aliphatic hydroxyl groups is 1. The Bertz CT molecular complexity index is 398. The molecule has 1 aliphatic heterocycles. The van der Waals surface area contributed by atoms with Crippen molar-refractivity contribution in [3.8, 4) is 11.5 Å². The first-order chi connectivity index (χ1) is 8.20. The molecule has 0 spiro atoms. The van der Waals surface area contributed by atoms with Gasteiger partial charge in [-0.15, -0.1) is 11.8 Å². The van der Waals surface area contributed by atoms with Gasteiger partial charge in [-0.05, 0) is 12.0 Å². The molecule has 94 valence electrons. The third kappa shape index (κ3) is 2.98. The molecule has 0 aromatic heterocycles. The summed E-state index contributed by atoms with van der Waals surface area (Å²) in [4.78, 5) is 0.981. The fraction of sp³-hybridized carbons (Fsp3) is 0.500. The summed E-state index contributed by atoms with van der Waals surface area (Å²) in [7, 11) is 0. The summed E-state index contributed by atoms with van der Waals surface area (Å²) in [6, 6.07) is 3.72. The molecular weight excluding hydrogens is 238 g/mol. The fourth-order valence-corrected chi connectivity index (χ4v) is 2.48. The largest absolute Gasteiger partial charge is 0.486 e. The van der Waals surface area contributed by atoms with Crippen LogP contribution in [0.5, 0.6) is 11.5 Å². The monoisotopic (exact) mass is 255 g/mol. The second-order valence-corrected chi connectivity index (χ2v) is 5.19. The lowest BCUT2D eigenvalue weighted by molar-refractivity contribution is 0.171. The van der Waals surface area contributed by atoms with Crippen LogP contribution >= 0.6 is 11.8 Å². The highest BCUT2D eigenvalue weighted by Gasteiger charge is 2.15. The van der Waals surface area contributed by atoms with Crippen LogP contribution in [0, 0.1) is 5.92 Å². The maximum Gasteiger partial charge on any atom is 0.163 e. The summed E-state index contributed by atoms with van der Waals surface area (Å²) in [5, 5.41) is 8.98. The van der Waals surface area contributed by atoms with E-state index in [4.69, 9.17) is 20.3 Å². The molecule has 1 heterocycles. The molecule has 17 heavy (non-hydrogen) atoms. The van der Waals surface area contributed by atoms with Gasteiger partial charge in [0.25, 0.3) is 0 Å². The van der Waals surface area contributed by atoms with Crippen molar-refractivity contribution in [1.82, 2.24) is 0 Å². The van der Waals surface area contributed by atoms with Gasteiger partial charge in [0.1, 0.15) is 13.2 Å². The van der Waals surface area contributed by atoms with Crippen molar-refractivity contribution in [2.24, 2.45) is 5.92 Å². The minimum Gasteiger partial charge on any atom is -0.486 e. The number of hydrogen-bond acceptors (Lipinski definition) is 5. The Morgan fingerprint density at radius 2 is 2.00 bits per heavy atom. The van der Waals surface area contributed by atoms with Gasteiger partial charge in [-0.2, -0.15) is 0 Å². The summed E-state index contributed by atoms with van der Waals surface area (Å²) in [5.41, 5.74) is 6.65. The van der Waals surface area contributed by atoms with Gasteiger partial charge < -0.3 is 20.3 Å². The number of fused-ring (bicyclic) bond motifs is 1. The van der Waals surface area contributed by atoms with E-state index in [-0.39, 0.29) is 12.5 Å². The minimum absolute atomic E-state index is 0.192. The molecule has 1 unspecified atom stereocenters. The number of nitrogens with two attached hydrogens (primary N) is 1. The first kappa shape index (κ1) is 12.4. The SMILES string of the molecule is CC(CO)CSc1cc2c(cc1N)OCCO2. The first-order valence-corrected chi connectivity index (χ1v) is 6.62. The van der Waals surface area contributed by atoms with E-state index in [1.54, 1.807) is 17.8 Å². The van der Waals surface area contributed by atoms with Crippen LogP contribution in [0.4, 0.5) is 5.69 Å². The second-order valence-electron chi connectivity index (χ2n) is 4.13. The number of ether oxygens (including phenoxy) is 2. The quantitative estimate of drug-likeness (QED) is 0.634. The van der Waals surface area contributed by atoms with E-state index >= 15 is 0 Å². The highest BCUT2D eigenvalue weighted by Crippen LogP contribution is 2.38. The Morgan fingerprint density at radius 3 is 2.65 bits per heavy atom. The van der Waals surface area contributed by atoms with E-state index < -0.39 is 0 Å². The predicted octanol–water partition coefficient (Wildman–Crippen LogP) is 1.76. The number of aliphatic hydroxyl groups excluding tert-OH is 1. The standard InChI is InChI=1S/C12H17NO3S/c1-8(6-14)7-17-12-5-11-10(4-9(12)13)15-2-3-16-11/h4-5,8,14H,2-3,6-7,13H2,1H3. The molecule has 1 atom stereocenters. The van der Waals surface area contributed by atoms with Crippen molar-refractivity contribution in [2.45, 2.75) is 11.8 Å². The van der Waals surface area contributed by atoms with Crippen LogP contribution in [0.25, 0.3) is 0 Å². The topological polar surface area (TPSA) is 64.7 Å². The summed E-state index contributed by atoms with van der Waals surface area (Å²) in [6.07, 6.45) is 0. The molecule has 0 aliphatic carbocycles. The lowest BCUT2D eigenvalue weighted by Gasteiger charge is -2.20. The zero-order valence-corrected chi connectivity index (χ0v) is 10.6. The van der Waals surface area contributed by atoms with Crippen LogP contribution in [0.2, 0.25) is 0 Å². The average Bonchev–Trinajstić information content (AvgIpc) is 2.35. The second kappa shape index (κ2) is 5.51. The maximum absolute atomic E-state index is 8.98. The molecule has 0 saturated carbocycles. The van der Waals surface area contributed by atoms with E-state index in [0.29, 0.717) is 24.7 Å². The van der Waals surface area contributed by atoms with Gasteiger partial charge in [-0.1, -0.05) is 6.92 Å². The number of anilines is 1. The lowest BCUT2D eigenvalue weighted by Crippen LogP contribution is -2.15. The number of hydrogen-bond donors (Lipinski definition) is 2. The Kier molecular flexibility index (Phi) is 4.02. The van der Waals surface area contributed by atoms with Crippen molar-refractivity contribution in [1.29, 1.82) is 0 Å². The van der Waals surface area contributed by atoms with Gasteiger partial charge in [0.05, 0.1) is 0 Å². The Hall–Kier alpha value is -1.07. The van der Waals surface area contributed by atoms with Crippen LogP contribution in [0.15, 0.2) is 17.0 Å². The third-order valence-corrected chi connectivity index (χ3v) is 3.91. The maximum atomic E-state index is 8.98. The van der Waals surface area contributed by atoms with Crippen molar-refractivity contribution in [3.05, 3.63) is 12.1 Å². The van der Waals surface area contributed by atoms with E-state index in [9.17, 15) is 0 Å². The zero-order valence-electron chi connectivity index (χ0n) is 9.81. The lowest BCUT2D eigenvalue weighted by atomic mass is 10.2. The molecule has 1 aromatic carbocycles. The summed E-state index contributed by atoms with van der Waals surface area (Å²) < 4.78 is 11.0. The van der Waals surface area contributed by atoms with E-state index in [0.717, 1.165) is 16.4 Å². The molecule has 0 bridgehead atoms. The van der Waals surface area contributed by atoms with Crippen LogP contribution < -0.4 is 15.2 Å². The molecular formula is C12H17NO3S. The number of benzene rings is 1. The molecule has 4 nitrogen and oxygen atoms in total. The van der Waals surface area contributed by atoms with Crippen LogP contribution in [-0.4, -0.2) is 30.7 Å². The first-order valence-electron chi connectivity index (χ1n) is 5.63. The molecule has 1 aliphatic rings. The Morgan fingerprint density at radius 1 is 1.35 bits per heavy atom. The molecule has 0 amide bonds. The van der Waals surface area contributed by atoms with Crippen LogP contribution in [0.3, 0.4) is 0 Å². The summed E-state index contributed by atoms with van der Waals surface area (Å²) >= 11 is 1.63. The van der Waals surface area contributed by atoms with Gasteiger partial charge >= 0.3 is 0 Å². The van der Waals surface area contributed by atoms with Gasteiger partial charge in [-0.25, -0.2) is 0 Å². The third-order valence-electron chi connectivity index (χ3n) is 2.51. The van der Waals surface area contributed by atoms with Crippen LogP contribution in [-0.2, 0) is 0 Å². The normalized spacial score (nSPS) is 15.6. The zero-order chi connectivity index (χ0) is 12.3. The van der Waals surface area contributed by atoms with Crippen molar-refractivity contribution >= 4 is 17.4 Å². The molecule has 0 fully saturated rings. The van der Waals surface area contributed by atoms with Gasteiger partial charge in [0.15, 0.2) is 11.5 Å². The average molecular weight is 255 g/mol. The van der Waals surface area contributed by atoms with Crippen molar-refractivity contribution < 1.29 is 14.6 Å². The fourth-order valence-electron chi connectivity index (χ4n) is 1.50. The molecule has 5 heteroatoms. The Balaban J connectivity index is 2.11. The van der Waals surface area contributed by atoms with Crippen molar-refractivity contribution in [2.75, 3.05) is 31.3 Å². The smallest absolute Gasteiger partial charge is 0.163 e. The van der Waals surface area contributed by atoms with Crippen molar-refractivity contribution in [3.63, 3.8) is 0 Å². The number of rotatable bonds is 4. The van der Waals surface area contributed by atoms with E-state index in [1.807, 2.05) is 13.0 Å². The molecule has 3 N–H and O–H groups in total. The molecule has 1 aromatic rings. The van der Waals surface area contributed by atoms with Crippen LogP contribution in [0.1, 0.15) is 6.92 Å². The number of nitrogen functional groups attached to an aromatic ring is 1. The highest BCUT2D eigenvalue weighted by molar-refractivity contribution is 7.99. The van der Waals surface area contributed by atoms with Gasteiger partial charge in [0, 0.05) is 29.0 Å². The van der Waals surface area contributed by atoms with Gasteiger partial charge in [-0.3, -0.25) is 0 Å². The van der Waals surface area contributed by atoms with Gasteiger partial charge in [0.2, 0.25) is 0 Å². The predicted molar refractivity (Wildman–Crippen MR) is 68.8 cm³/mol. The Labute approximate surface area is 105 Å². The van der Waals surface area contributed by atoms with E-state index in [1.165, 1.54) is 0 Å². The molecule has 0 radical (unpaired) electrons. The molecule has 2 rings (SSSR count). The highest BCUT2D eigenvalue weighted by atomic mass is 32.2. The molecule has 0 saturated heterocycles. The minimum atomic E-state index is 0.192.